The van der Waals surface area contributed by atoms with Gasteiger partial charge in [0, 0.05) is 19.3 Å². The average molecular weight is 501 g/mol. The molecule has 1 N–H and O–H groups in total. The van der Waals surface area contributed by atoms with Crippen LogP contribution in [0.4, 0.5) is 19.0 Å². The summed E-state index contributed by atoms with van der Waals surface area (Å²) in [5.41, 5.74) is 0.844. The van der Waals surface area contributed by atoms with Crippen molar-refractivity contribution >= 4 is 11.8 Å². The quantitative estimate of drug-likeness (QED) is 0.335. The minimum Gasteiger partial charge on any atom is -0.478 e. The number of anilines is 1. The zero-order chi connectivity index (χ0) is 26.5. The van der Waals surface area contributed by atoms with Crippen LogP contribution < -0.4 is 9.64 Å². The zero-order valence-corrected chi connectivity index (χ0v) is 20.8. The van der Waals surface area contributed by atoms with Crippen molar-refractivity contribution in [3.05, 3.63) is 89.1 Å². The highest BCUT2D eigenvalue weighted by Gasteiger charge is 2.30. The first kappa shape index (κ1) is 27.0. The molecule has 0 atom stereocenters. The number of ether oxygens (including phenoxy) is 1. The Labute approximate surface area is 209 Å². The molecular formula is C28H31F3N2O3. The Morgan fingerprint density at radius 1 is 0.972 bits per heavy atom. The fourth-order valence-electron chi connectivity index (χ4n) is 3.55. The van der Waals surface area contributed by atoms with Crippen LogP contribution in [-0.4, -0.2) is 28.2 Å². The summed E-state index contributed by atoms with van der Waals surface area (Å²) in [6.07, 6.45) is -1.89. The van der Waals surface area contributed by atoms with Crippen LogP contribution in [0.1, 0.15) is 55.9 Å². The van der Waals surface area contributed by atoms with Gasteiger partial charge in [0.15, 0.2) is 5.60 Å². The van der Waals surface area contributed by atoms with Crippen molar-refractivity contribution in [2.24, 2.45) is 0 Å². The van der Waals surface area contributed by atoms with Gasteiger partial charge in [0.2, 0.25) is 0 Å². The molecule has 1 aromatic heterocycles. The van der Waals surface area contributed by atoms with Gasteiger partial charge in [0.25, 0.3) is 0 Å². The molecule has 2 aromatic carbocycles. The third-order valence-electron chi connectivity index (χ3n) is 5.90. The number of hydrogen-bond acceptors (Lipinski definition) is 4. The average Bonchev–Trinajstić information content (AvgIpc) is 2.82. The smallest absolute Gasteiger partial charge is 0.416 e. The molecule has 0 aliphatic heterocycles. The van der Waals surface area contributed by atoms with Crippen molar-refractivity contribution in [2.75, 3.05) is 11.4 Å². The molecule has 0 fully saturated rings. The van der Waals surface area contributed by atoms with E-state index in [2.05, 4.69) is 18.8 Å². The first-order chi connectivity index (χ1) is 16.8. The number of pyridine rings is 1. The predicted molar refractivity (Wildman–Crippen MR) is 133 cm³/mol. The van der Waals surface area contributed by atoms with Crippen molar-refractivity contribution in [1.29, 1.82) is 0 Å². The summed E-state index contributed by atoms with van der Waals surface area (Å²) in [5.74, 6) is 0.476. The molecule has 5 nitrogen and oxygen atoms in total. The molecule has 3 aromatic rings. The minimum atomic E-state index is -4.37. The number of hydrogen-bond donors (Lipinski definition) is 1. The van der Waals surface area contributed by atoms with Crippen molar-refractivity contribution in [3.63, 3.8) is 0 Å². The van der Waals surface area contributed by atoms with E-state index in [1.165, 1.54) is 26.0 Å². The number of nitrogens with zero attached hydrogens (tertiary/aromatic N) is 2. The summed E-state index contributed by atoms with van der Waals surface area (Å²) in [5, 5.41) is 9.24. The van der Waals surface area contributed by atoms with Gasteiger partial charge in [-0.1, -0.05) is 44.2 Å². The van der Waals surface area contributed by atoms with E-state index in [1.54, 1.807) is 12.1 Å². The van der Waals surface area contributed by atoms with Crippen LogP contribution in [0.25, 0.3) is 0 Å². The van der Waals surface area contributed by atoms with Crippen molar-refractivity contribution in [1.82, 2.24) is 4.98 Å². The molecule has 0 spiro atoms. The third-order valence-corrected chi connectivity index (χ3v) is 5.90. The lowest BCUT2D eigenvalue weighted by atomic mass is 10.1. The van der Waals surface area contributed by atoms with Crippen LogP contribution in [0.2, 0.25) is 0 Å². The fraction of sp³-hybridized carbons (Fsp3) is 0.357. The third kappa shape index (κ3) is 7.23. The van der Waals surface area contributed by atoms with Gasteiger partial charge in [-0.05, 0) is 73.2 Å². The maximum absolute atomic E-state index is 13.0. The second-order valence-electron chi connectivity index (χ2n) is 9.53. The Bertz CT molecular complexity index is 1140. The molecule has 0 saturated carbocycles. The summed E-state index contributed by atoms with van der Waals surface area (Å²) in [4.78, 5) is 17.9. The van der Waals surface area contributed by atoms with E-state index in [-0.39, 0.29) is 0 Å². The molecule has 0 unspecified atom stereocenters. The van der Waals surface area contributed by atoms with Crippen molar-refractivity contribution in [3.8, 4) is 5.75 Å². The second-order valence-corrected chi connectivity index (χ2v) is 9.53. The van der Waals surface area contributed by atoms with Gasteiger partial charge in [-0.25, -0.2) is 9.78 Å². The van der Waals surface area contributed by atoms with Gasteiger partial charge >= 0.3 is 12.1 Å². The monoisotopic (exact) mass is 500 g/mol. The topological polar surface area (TPSA) is 62.7 Å². The molecule has 0 aliphatic carbocycles. The Hall–Kier alpha value is -3.55. The largest absolute Gasteiger partial charge is 0.478 e. The van der Waals surface area contributed by atoms with E-state index in [0.29, 0.717) is 31.2 Å². The number of aromatic nitrogens is 1. The van der Waals surface area contributed by atoms with E-state index in [4.69, 9.17) is 4.74 Å². The molecule has 0 saturated heterocycles. The molecule has 0 aliphatic rings. The summed E-state index contributed by atoms with van der Waals surface area (Å²) in [6.45, 7) is 8.12. The maximum atomic E-state index is 13.0. The Morgan fingerprint density at radius 3 is 2.08 bits per heavy atom. The highest BCUT2D eigenvalue weighted by molar-refractivity contribution is 5.76. The highest BCUT2D eigenvalue weighted by Crippen LogP contribution is 2.29. The Balaban J connectivity index is 1.75. The Kier molecular flexibility index (Phi) is 8.28. The first-order valence-electron chi connectivity index (χ1n) is 11.7. The molecule has 1 heterocycles. The number of rotatable bonds is 10. The number of benzene rings is 2. The Morgan fingerprint density at radius 2 is 1.58 bits per heavy atom. The van der Waals surface area contributed by atoms with Crippen LogP contribution in [0.5, 0.6) is 5.75 Å². The van der Waals surface area contributed by atoms with Gasteiger partial charge < -0.3 is 14.7 Å². The van der Waals surface area contributed by atoms with E-state index < -0.39 is 23.3 Å². The molecular weight excluding hydrogens is 469 g/mol. The van der Waals surface area contributed by atoms with Gasteiger partial charge in [-0.2, -0.15) is 13.2 Å². The minimum absolute atomic E-state index is 0.335. The normalized spacial score (nSPS) is 12.0. The van der Waals surface area contributed by atoms with Gasteiger partial charge in [-0.15, -0.1) is 0 Å². The van der Waals surface area contributed by atoms with E-state index in [1.807, 2.05) is 35.4 Å². The number of carboxylic acids is 1. The van der Waals surface area contributed by atoms with Crippen LogP contribution in [0, 0.1) is 0 Å². The summed E-state index contributed by atoms with van der Waals surface area (Å²) >= 11 is 0. The van der Waals surface area contributed by atoms with E-state index >= 15 is 0 Å². The molecule has 0 radical (unpaired) electrons. The number of carbonyl (C=O) groups is 1. The standard InChI is InChI=1S/C28H31F3N2O3/c1-19(2)22-9-14-25(32-17-22)33(18-21-5-10-23(11-6-21)28(29,30)31)16-15-20-7-12-24(13-8-20)36-27(3,4)26(34)35/h5-14,17,19H,15-16,18H2,1-4H3,(H,34,35). The van der Waals surface area contributed by atoms with E-state index in [0.717, 1.165) is 34.6 Å². The van der Waals surface area contributed by atoms with E-state index in [9.17, 15) is 23.1 Å². The molecule has 0 bridgehead atoms. The summed E-state index contributed by atoms with van der Waals surface area (Å²) in [6, 6.07) is 16.3. The van der Waals surface area contributed by atoms with Crippen LogP contribution in [0.3, 0.4) is 0 Å². The van der Waals surface area contributed by atoms with Gasteiger partial charge in [0.05, 0.1) is 5.56 Å². The lowest BCUT2D eigenvalue weighted by molar-refractivity contribution is -0.152. The second kappa shape index (κ2) is 11.0. The maximum Gasteiger partial charge on any atom is 0.416 e. The molecule has 192 valence electrons. The van der Waals surface area contributed by atoms with Crippen molar-refractivity contribution in [2.45, 2.75) is 58.4 Å². The zero-order valence-electron chi connectivity index (χ0n) is 20.8. The lowest BCUT2D eigenvalue weighted by Gasteiger charge is -2.25. The summed E-state index contributed by atoms with van der Waals surface area (Å²) in [7, 11) is 0. The molecule has 0 amide bonds. The fourth-order valence-corrected chi connectivity index (χ4v) is 3.55. The highest BCUT2D eigenvalue weighted by atomic mass is 19.4. The predicted octanol–water partition coefficient (Wildman–Crippen LogP) is 6.72. The van der Waals surface area contributed by atoms with Crippen LogP contribution >= 0.6 is 0 Å². The molecule has 8 heteroatoms. The van der Waals surface area contributed by atoms with Crippen LogP contribution in [-0.2, 0) is 23.9 Å². The summed E-state index contributed by atoms with van der Waals surface area (Å²) < 4.78 is 44.4. The molecule has 36 heavy (non-hydrogen) atoms. The van der Waals surface area contributed by atoms with Crippen molar-refractivity contribution < 1.29 is 27.8 Å². The van der Waals surface area contributed by atoms with Gasteiger partial charge in [-0.3, -0.25) is 0 Å². The number of aliphatic carboxylic acids is 1. The SMILES string of the molecule is CC(C)c1ccc(N(CCc2ccc(OC(C)(C)C(=O)O)cc2)Cc2ccc(C(F)(F)F)cc2)nc1. The number of alkyl halides is 3. The number of halogens is 3. The van der Waals surface area contributed by atoms with Crippen LogP contribution in [0.15, 0.2) is 66.9 Å². The first-order valence-corrected chi connectivity index (χ1v) is 11.7. The molecule has 3 rings (SSSR count). The lowest BCUT2D eigenvalue weighted by Crippen LogP contribution is -2.37. The number of carboxylic acid groups (broad SMARTS) is 1. The van der Waals surface area contributed by atoms with Gasteiger partial charge in [0.1, 0.15) is 11.6 Å².